The second-order valence-electron chi connectivity index (χ2n) is 5.36. The Bertz CT molecular complexity index is 807. The molecule has 2 heteroatoms. The topological polar surface area (TPSA) is 0 Å². The fourth-order valence-electron chi connectivity index (χ4n) is 2.39. The zero-order valence-corrected chi connectivity index (χ0v) is 14.7. The van der Waals surface area contributed by atoms with Gasteiger partial charge < -0.3 is 0 Å². The van der Waals surface area contributed by atoms with Crippen molar-refractivity contribution in [3.63, 3.8) is 0 Å². The number of benzene rings is 2. The van der Waals surface area contributed by atoms with Gasteiger partial charge >= 0.3 is 0 Å². The molecule has 114 valence electrons. The lowest BCUT2D eigenvalue weighted by atomic mass is 10.0. The molecule has 3 aromatic rings. The summed E-state index contributed by atoms with van der Waals surface area (Å²) in [6, 6.07) is 21.5. The van der Waals surface area contributed by atoms with Crippen molar-refractivity contribution in [1.29, 1.82) is 0 Å². The van der Waals surface area contributed by atoms with E-state index in [1.807, 2.05) is 6.92 Å². The summed E-state index contributed by atoms with van der Waals surface area (Å²) in [6.45, 7) is 10.0. The van der Waals surface area contributed by atoms with Gasteiger partial charge in [0.15, 0.2) is 0 Å². The Labute approximate surface area is 146 Å². The zero-order valence-electron chi connectivity index (χ0n) is 13.1. The van der Waals surface area contributed by atoms with E-state index in [2.05, 4.69) is 79.2 Å². The van der Waals surface area contributed by atoms with Crippen molar-refractivity contribution in [2.75, 3.05) is 0 Å². The maximum Gasteiger partial charge on any atom is 0.0342 e. The smallest absolute Gasteiger partial charge is 0.0342 e. The maximum absolute atomic E-state index is 4.11. The first kappa shape index (κ1) is 15.9. The van der Waals surface area contributed by atoms with Crippen LogP contribution in [0.1, 0.15) is 12.5 Å². The highest BCUT2D eigenvalue weighted by Crippen LogP contribution is 2.32. The standard InChI is InChI=1S/C21H18S2/c1-15(2)23-16(3)17-6-8-18(9-7-17)19-10-12-20(13-11-19)21-5-4-14-22-21/h4-14H,1,3H2,2H3. The van der Waals surface area contributed by atoms with E-state index in [0.29, 0.717) is 0 Å². The molecule has 0 aliphatic rings. The lowest BCUT2D eigenvalue weighted by molar-refractivity contribution is 1.59. The molecule has 1 heterocycles. The van der Waals surface area contributed by atoms with Gasteiger partial charge in [-0.3, -0.25) is 0 Å². The van der Waals surface area contributed by atoms with Crippen LogP contribution in [0.2, 0.25) is 0 Å². The highest BCUT2D eigenvalue weighted by molar-refractivity contribution is 8.11. The number of hydrogen-bond donors (Lipinski definition) is 0. The van der Waals surface area contributed by atoms with Gasteiger partial charge in [0.2, 0.25) is 0 Å². The summed E-state index contributed by atoms with van der Waals surface area (Å²) < 4.78 is 0. The van der Waals surface area contributed by atoms with Gasteiger partial charge in [0.1, 0.15) is 0 Å². The van der Waals surface area contributed by atoms with E-state index < -0.39 is 0 Å². The highest BCUT2D eigenvalue weighted by atomic mass is 32.2. The maximum atomic E-state index is 4.11. The second-order valence-corrected chi connectivity index (χ2v) is 7.70. The molecule has 0 bridgehead atoms. The molecule has 0 atom stereocenters. The van der Waals surface area contributed by atoms with Crippen LogP contribution in [-0.2, 0) is 0 Å². The summed E-state index contributed by atoms with van der Waals surface area (Å²) in [6.07, 6.45) is 0. The summed E-state index contributed by atoms with van der Waals surface area (Å²) in [5.74, 6) is 0. The third kappa shape index (κ3) is 3.84. The van der Waals surface area contributed by atoms with Gasteiger partial charge in [0, 0.05) is 9.78 Å². The Hall–Kier alpha value is -2.03. The third-order valence-corrected chi connectivity index (χ3v) is 5.28. The zero-order chi connectivity index (χ0) is 16.2. The van der Waals surface area contributed by atoms with Gasteiger partial charge in [0.05, 0.1) is 0 Å². The second kappa shape index (κ2) is 7.03. The predicted octanol–water partition coefficient (Wildman–Crippen LogP) is 7.32. The van der Waals surface area contributed by atoms with E-state index in [1.165, 1.54) is 21.6 Å². The van der Waals surface area contributed by atoms with Crippen LogP contribution in [0.15, 0.2) is 84.1 Å². The van der Waals surface area contributed by atoms with Crippen molar-refractivity contribution < 1.29 is 0 Å². The van der Waals surface area contributed by atoms with Crippen molar-refractivity contribution in [1.82, 2.24) is 0 Å². The molecule has 2 aromatic carbocycles. The van der Waals surface area contributed by atoms with Crippen molar-refractivity contribution in [2.24, 2.45) is 0 Å². The Balaban J connectivity index is 1.79. The van der Waals surface area contributed by atoms with Crippen LogP contribution in [-0.4, -0.2) is 0 Å². The van der Waals surface area contributed by atoms with Crippen molar-refractivity contribution in [2.45, 2.75) is 6.92 Å². The van der Waals surface area contributed by atoms with Gasteiger partial charge in [-0.1, -0.05) is 79.5 Å². The molecule has 0 unspecified atom stereocenters. The SMILES string of the molecule is C=C(C)SC(=C)c1ccc(-c2ccc(-c3cccs3)cc2)cc1. The molecule has 0 saturated heterocycles. The third-order valence-electron chi connectivity index (χ3n) is 3.53. The minimum atomic E-state index is 1.04. The molecule has 0 radical (unpaired) electrons. The van der Waals surface area contributed by atoms with Crippen LogP contribution in [0.4, 0.5) is 0 Å². The number of thiophene rings is 1. The minimum absolute atomic E-state index is 1.04. The van der Waals surface area contributed by atoms with E-state index in [0.717, 1.165) is 15.4 Å². The van der Waals surface area contributed by atoms with Gasteiger partial charge in [-0.2, -0.15) is 0 Å². The Morgan fingerprint density at radius 3 is 1.91 bits per heavy atom. The summed E-state index contributed by atoms with van der Waals surface area (Å²) in [4.78, 5) is 3.40. The highest BCUT2D eigenvalue weighted by Gasteiger charge is 2.03. The van der Waals surface area contributed by atoms with E-state index in [4.69, 9.17) is 0 Å². The van der Waals surface area contributed by atoms with Crippen LogP contribution in [0.3, 0.4) is 0 Å². The van der Waals surface area contributed by atoms with Gasteiger partial charge in [0.25, 0.3) is 0 Å². The monoisotopic (exact) mass is 334 g/mol. The van der Waals surface area contributed by atoms with Gasteiger partial charge in [-0.05, 0) is 45.5 Å². The molecule has 0 aliphatic carbocycles. The average Bonchev–Trinajstić information content (AvgIpc) is 3.09. The number of hydrogen-bond acceptors (Lipinski definition) is 2. The number of allylic oxidation sites excluding steroid dienone is 1. The van der Waals surface area contributed by atoms with E-state index >= 15 is 0 Å². The average molecular weight is 335 g/mol. The molecule has 0 fully saturated rings. The van der Waals surface area contributed by atoms with Crippen molar-refractivity contribution in [3.8, 4) is 21.6 Å². The Morgan fingerprint density at radius 2 is 1.39 bits per heavy atom. The molecule has 0 N–H and O–H groups in total. The molecule has 1 aromatic heterocycles. The number of rotatable bonds is 5. The summed E-state index contributed by atoms with van der Waals surface area (Å²) in [5.41, 5.74) is 4.87. The summed E-state index contributed by atoms with van der Waals surface area (Å²) in [7, 11) is 0. The number of thioether (sulfide) groups is 1. The van der Waals surface area contributed by atoms with Crippen molar-refractivity contribution in [3.05, 3.63) is 89.7 Å². The Morgan fingerprint density at radius 1 is 0.826 bits per heavy atom. The lowest BCUT2D eigenvalue weighted by Gasteiger charge is -2.07. The summed E-state index contributed by atoms with van der Waals surface area (Å²) >= 11 is 3.39. The fraction of sp³-hybridized carbons (Fsp3) is 0.0476. The molecule has 0 aliphatic heterocycles. The van der Waals surface area contributed by atoms with E-state index in [-0.39, 0.29) is 0 Å². The van der Waals surface area contributed by atoms with E-state index in [9.17, 15) is 0 Å². The van der Waals surface area contributed by atoms with Gasteiger partial charge in [-0.15, -0.1) is 11.3 Å². The van der Waals surface area contributed by atoms with Crippen LogP contribution >= 0.6 is 23.1 Å². The molecular weight excluding hydrogens is 316 g/mol. The molecule has 0 saturated carbocycles. The molecule has 0 spiro atoms. The van der Waals surface area contributed by atoms with Crippen LogP contribution in [0.25, 0.3) is 26.5 Å². The molecule has 3 rings (SSSR count). The first-order valence-corrected chi connectivity index (χ1v) is 9.10. The lowest BCUT2D eigenvalue weighted by Crippen LogP contribution is -1.82. The molecular formula is C21H18S2. The van der Waals surface area contributed by atoms with Gasteiger partial charge in [-0.25, -0.2) is 0 Å². The van der Waals surface area contributed by atoms with Crippen molar-refractivity contribution >= 4 is 28.0 Å². The summed E-state index contributed by atoms with van der Waals surface area (Å²) in [5, 5.41) is 2.11. The van der Waals surface area contributed by atoms with Crippen LogP contribution < -0.4 is 0 Å². The largest absolute Gasteiger partial charge is 0.144 e. The van der Waals surface area contributed by atoms with Crippen LogP contribution in [0, 0.1) is 0 Å². The quantitative estimate of drug-likeness (QED) is 0.471. The Kier molecular flexibility index (Phi) is 4.85. The molecule has 0 nitrogen and oxygen atoms in total. The molecule has 0 amide bonds. The van der Waals surface area contributed by atoms with Crippen LogP contribution in [0.5, 0.6) is 0 Å². The fourth-order valence-corrected chi connectivity index (χ4v) is 3.80. The van der Waals surface area contributed by atoms with E-state index in [1.54, 1.807) is 23.1 Å². The first-order chi connectivity index (χ1) is 11.1. The minimum Gasteiger partial charge on any atom is -0.144 e. The molecule has 23 heavy (non-hydrogen) atoms. The first-order valence-electron chi connectivity index (χ1n) is 7.40. The predicted molar refractivity (Wildman–Crippen MR) is 107 cm³/mol. The normalized spacial score (nSPS) is 10.5.